The summed E-state index contributed by atoms with van der Waals surface area (Å²) in [4.78, 5) is 15.4. The third kappa shape index (κ3) is 5.15. The lowest BCUT2D eigenvalue weighted by Crippen LogP contribution is -2.14. The maximum absolute atomic E-state index is 10.5. The minimum Gasteiger partial charge on any atom is -0.455 e. The van der Waals surface area contributed by atoms with Crippen LogP contribution in [0.1, 0.15) is 38.7 Å². The molecular formula is C60H39N5O. The second-order valence-corrected chi connectivity index (χ2v) is 17.2. The second kappa shape index (κ2) is 13.7. The lowest BCUT2D eigenvalue weighted by molar-refractivity contribution is 0.660. The molecule has 4 heterocycles. The maximum atomic E-state index is 10.5. The first kappa shape index (κ1) is 28.2. The molecular weight excluding hydrogens is 807 g/mol. The largest absolute Gasteiger partial charge is 0.455 e. The summed E-state index contributed by atoms with van der Waals surface area (Å²) in [5, 5.41) is 1.13. The lowest BCUT2D eigenvalue weighted by atomic mass is 9.82. The molecule has 0 spiro atoms. The Kier molecular flexibility index (Phi) is 5.86. The van der Waals surface area contributed by atoms with Gasteiger partial charge in [0.05, 0.1) is 46.8 Å². The van der Waals surface area contributed by atoms with Gasteiger partial charge in [0.15, 0.2) is 11.6 Å². The molecule has 14 rings (SSSR count). The van der Waals surface area contributed by atoms with Gasteiger partial charge in [-0.05, 0) is 70.2 Å². The van der Waals surface area contributed by atoms with Gasteiger partial charge >= 0.3 is 0 Å². The van der Waals surface area contributed by atoms with Crippen LogP contribution in [0.4, 0.5) is 0 Å². The molecule has 310 valence electrons. The summed E-state index contributed by atoms with van der Waals surface area (Å²) in [6.07, 6.45) is 0. The van der Waals surface area contributed by atoms with E-state index in [2.05, 4.69) is 32.0 Å². The van der Waals surface area contributed by atoms with Crippen molar-refractivity contribution < 1.29 is 18.1 Å². The van der Waals surface area contributed by atoms with E-state index in [0.29, 0.717) is 38.8 Å². The summed E-state index contributed by atoms with van der Waals surface area (Å²) in [5.74, 6) is 0.390. The summed E-state index contributed by atoms with van der Waals surface area (Å²) in [7, 11) is 0. The highest BCUT2D eigenvalue weighted by Crippen LogP contribution is 2.52. The van der Waals surface area contributed by atoms with E-state index < -0.39 is 48.3 Å². The van der Waals surface area contributed by atoms with Crippen LogP contribution in [0, 0.1) is 0 Å². The van der Waals surface area contributed by atoms with Gasteiger partial charge in [-0.3, -0.25) is 4.57 Å². The fourth-order valence-corrected chi connectivity index (χ4v) is 10.2. The molecule has 0 atom stereocenters. The first-order valence-corrected chi connectivity index (χ1v) is 21.7. The van der Waals surface area contributed by atoms with Crippen LogP contribution in [0.25, 0.3) is 122 Å². The van der Waals surface area contributed by atoms with Gasteiger partial charge in [-0.2, -0.15) is 9.97 Å². The Morgan fingerprint density at radius 3 is 1.85 bits per heavy atom. The van der Waals surface area contributed by atoms with Gasteiger partial charge in [-0.25, -0.2) is 4.98 Å². The van der Waals surface area contributed by atoms with Gasteiger partial charge in [0, 0.05) is 49.0 Å². The molecule has 9 aromatic carbocycles. The average molecular weight is 856 g/mol. The van der Waals surface area contributed by atoms with Crippen LogP contribution in [0.5, 0.6) is 0 Å². The predicted octanol–water partition coefficient (Wildman–Crippen LogP) is 15.3. The van der Waals surface area contributed by atoms with Gasteiger partial charge in [-0.15, -0.1) is 0 Å². The Hall–Kier alpha value is -8.61. The number of rotatable bonds is 5. The molecule has 66 heavy (non-hydrogen) atoms. The van der Waals surface area contributed by atoms with E-state index in [9.17, 15) is 8.22 Å². The highest BCUT2D eigenvalue weighted by molar-refractivity contribution is 6.21. The van der Waals surface area contributed by atoms with Crippen LogP contribution in [0.15, 0.2) is 204 Å². The molecule has 0 bridgehead atoms. The van der Waals surface area contributed by atoms with Crippen molar-refractivity contribution in [2.45, 2.75) is 19.3 Å². The number of fused-ring (bicyclic) bond motifs is 12. The lowest BCUT2D eigenvalue weighted by Gasteiger charge is -2.21. The van der Waals surface area contributed by atoms with E-state index in [1.807, 2.05) is 121 Å². The second-order valence-electron chi connectivity index (χ2n) is 17.2. The Labute approximate surface area is 393 Å². The molecule has 6 nitrogen and oxygen atoms in total. The number of para-hydroxylation sites is 3. The monoisotopic (exact) mass is 855 g/mol. The number of hydrogen-bond donors (Lipinski definition) is 0. The van der Waals surface area contributed by atoms with Crippen LogP contribution in [0.2, 0.25) is 0 Å². The van der Waals surface area contributed by atoms with Gasteiger partial charge in [0.2, 0.25) is 5.95 Å². The van der Waals surface area contributed by atoms with Crippen molar-refractivity contribution >= 4 is 65.6 Å². The summed E-state index contributed by atoms with van der Waals surface area (Å²) < 4.78 is 105. The molecule has 1 aliphatic carbocycles. The van der Waals surface area contributed by atoms with Crippen molar-refractivity contribution in [3.63, 3.8) is 0 Å². The third-order valence-electron chi connectivity index (χ3n) is 13.2. The molecule has 0 saturated heterocycles. The molecule has 1 aliphatic rings. The predicted molar refractivity (Wildman–Crippen MR) is 270 cm³/mol. The molecule has 0 saturated carbocycles. The van der Waals surface area contributed by atoms with Crippen LogP contribution in [0.3, 0.4) is 0 Å². The standard InChI is InChI=1S/C60H39N5O/c1-60(2)46-27-13-9-24-41(46)54-43(26-17-28-47(54)60)58-61-57(37-20-7-4-8-21-37)62-59(63-58)65-49-30-15-11-23-40(49)45-34-51-44(35-52(45)65)39-22-10-14-29-48(39)64(51)50-33-32-38(36-18-5-3-6-19-36)56-55(50)42-25-12-16-31-53(42)66-56/h3-35H,1-2H3/i10D,11D,14D,15D,22D,23D,29D,30D,34D,35D. The van der Waals surface area contributed by atoms with Crippen molar-refractivity contribution in [2.75, 3.05) is 0 Å². The molecule has 13 aromatic rings. The van der Waals surface area contributed by atoms with Crippen LogP contribution < -0.4 is 0 Å². The van der Waals surface area contributed by atoms with Gasteiger partial charge in [-0.1, -0.05) is 171 Å². The molecule has 0 fully saturated rings. The van der Waals surface area contributed by atoms with E-state index in [1.165, 1.54) is 4.57 Å². The van der Waals surface area contributed by atoms with E-state index in [-0.39, 0.29) is 78.7 Å². The minimum atomic E-state index is -0.562. The fraction of sp³-hybridized carbons (Fsp3) is 0.0500. The Bertz CT molecular complexity index is 4740. The molecule has 4 aromatic heterocycles. The maximum Gasteiger partial charge on any atom is 0.238 e. The van der Waals surface area contributed by atoms with Gasteiger partial charge in [0.1, 0.15) is 11.2 Å². The quantitative estimate of drug-likeness (QED) is 0.173. The zero-order valence-electron chi connectivity index (χ0n) is 45.4. The summed E-state index contributed by atoms with van der Waals surface area (Å²) in [5.41, 5.74) is 7.99. The molecule has 6 heteroatoms. The van der Waals surface area contributed by atoms with Gasteiger partial charge < -0.3 is 8.98 Å². The van der Waals surface area contributed by atoms with Crippen molar-refractivity contribution in [1.82, 2.24) is 24.1 Å². The van der Waals surface area contributed by atoms with Crippen molar-refractivity contribution in [2.24, 2.45) is 0 Å². The molecule has 0 amide bonds. The highest BCUT2D eigenvalue weighted by Gasteiger charge is 2.37. The van der Waals surface area contributed by atoms with E-state index >= 15 is 0 Å². The number of aromatic nitrogens is 5. The van der Waals surface area contributed by atoms with E-state index in [1.54, 1.807) is 4.57 Å². The van der Waals surface area contributed by atoms with Crippen molar-refractivity contribution in [3.05, 3.63) is 211 Å². The molecule has 0 radical (unpaired) electrons. The Morgan fingerprint density at radius 1 is 0.470 bits per heavy atom. The van der Waals surface area contributed by atoms with Gasteiger partial charge in [0.25, 0.3) is 0 Å². The average Bonchev–Trinajstić information content (AvgIpc) is 4.20. The van der Waals surface area contributed by atoms with Crippen molar-refractivity contribution in [3.8, 4) is 56.7 Å². The van der Waals surface area contributed by atoms with Crippen LogP contribution >= 0.6 is 0 Å². The zero-order chi connectivity index (χ0) is 52.4. The van der Waals surface area contributed by atoms with Crippen LogP contribution in [-0.4, -0.2) is 24.1 Å². The molecule has 0 N–H and O–H groups in total. The number of furan rings is 1. The summed E-state index contributed by atoms with van der Waals surface area (Å²) in [6.45, 7) is 4.35. The molecule has 0 aliphatic heterocycles. The Morgan fingerprint density at radius 2 is 1.08 bits per heavy atom. The summed E-state index contributed by atoms with van der Waals surface area (Å²) >= 11 is 0. The molecule has 0 unspecified atom stereocenters. The smallest absolute Gasteiger partial charge is 0.238 e. The first-order chi connectivity index (χ1) is 36.7. The third-order valence-corrected chi connectivity index (χ3v) is 13.2. The SMILES string of the molecule is [2H]c1c([2H])c([2H])c2c(c1[2H])c1c([2H])c3c(c([2H])c1n2-c1nc(-c2ccccc2)nc(-c2cccc4c2-c2ccccc2C4(C)C)n1)c1c([2H])c([2H])c([2H])c([2H])c1n3-c1ccc(-c2ccccc2)c2oc3ccccc3c12. The van der Waals surface area contributed by atoms with Crippen molar-refractivity contribution in [1.29, 1.82) is 0 Å². The minimum absolute atomic E-state index is 0.00222. The first-order valence-electron chi connectivity index (χ1n) is 26.7. The summed E-state index contributed by atoms with van der Waals surface area (Å²) in [6, 6.07) is 39.8. The zero-order valence-corrected chi connectivity index (χ0v) is 35.4. The number of hydrogen-bond acceptors (Lipinski definition) is 4. The number of nitrogens with zero attached hydrogens (tertiary/aromatic N) is 5. The topological polar surface area (TPSA) is 61.7 Å². The Balaban J connectivity index is 1.18. The highest BCUT2D eigenvalue weighted by atomic mass is 16.3. The van der Waals surface area contributed by atoms with Crippen LogP contribution in [-0.2, 0) is 5.41 Å². The normalized spacial score (nSPS) is 15.2. The number of benzene rings is 9. The van der Waals surface area contributed by atoms with E-state index in [0.717, 1.165) is 33.4 Å². The van der Waals surface area contributed by atoms with E-state index in [4.69, 9.17) is 24.9 Å². The fourth-order valence-electron chi connectivity index (χ4n) is 10.2.